The highest BCUT2D eigenvalue weighted by Gasteiger charge is 2.68. The van der Waals surface area contributed by atoms with Gasteiger partial charge in [-0.25, -0.2) is 0 Å². The second kappa shape index (κ2) is 5.31. The Bertz CT molecular complexity index is 557. The molecule has 4 aliphatic rings. The standard InChI is InChI=1S/C21H34O3/c1-4-13-7-10-21(24)16-6-5-14-11-15(22)8-9-19(14,2)17(16)12-18(23)20(13,21)3/h5,13,15-18,22-24H,4,6-12H2,1-3H3/t13-,15-,16+,17-,18+,19-,20-,21-/m0/s1. The van der Waals surface area contributed by atoms with E-state index in [1.807, 2.05) is 0 Å². The van der Waals surface area contributed by atoms with Crippen LogP contribution in [0.25, 0.3) is 0 Å². The van der Waals surface area contributed by atoms with Gasteiger partial charge >= 0.3 is 0 Å². The van der Waals surface area contributed by atoms with Gasteiger partial charge < -0.3 is 15.3 Å². The smallest absolute Gasteiger partial charge is 0.0762 e. The lowest BCUT2D eigenvalue weighted by molar-refractivity contribution is -0.225. The Morgan fingerprint density at radius 2 is 1.88 bits per heavy atom. The molecule has 3 heteroatoms. The first-order valence-electron chi connectivity index (χ1n) is 10.1. The van der Waals surface area contributed by atoms with Crippen LogP contribution in [-0.4, -0.2) is 33.1 Å². The average Bonchev–Trinajstić information content (AvgIpc) is 2.82. The van der Waals surface area contributed by atoms with E-state index in [1.54, 1.807) is 0 Å². The summed E-state index contributed by atoms with van der Waals surface area (Å²) in [7, 11) is 0. The minimum absolute atomic E-state index is 0.0461. The van der Waals surface area contributed by atoms with E-state index in [0.717, 1.165) is 51.4 Å². The van der Waals surface area contributed by atoms with Crippen LogP contribution in [0.3, 0.4) is 0 Å². The molecule has 0 heterocycles. The van der Waals surface area contributed by atoms with Gasteiger partial charge in [-0.1, -0.05) is 38.8 Å². The van der Waals surface area contributed by atoms with Crippen LogP contribution in [0.1, 0.15) is 72.1 Å². The fourth-order valence-corrected chi connectivity index (χ4v) is 7.36. The van der Waals surface area contributed by atoms with Gasteiger partial charge in [0.25, 0.3) is 0 Å². The van der Waals surface area contributed by atoms with Crippen molar-refractivity contribution >= 4 is 0 Å². The van der Waals surface area contributed by atoms with Gasteiger partial charge in [-0.05, 0) is 68.1 Å². The molecule has 0 aromatic heterocycles. The molecule has 24 heavy (non-hydrogen) atoms. The Labute approximate surface area is 146 Å². The van der Waals surface area contributed by atoms with Crippen LogP contribution in [0.5, 0.6) is 0 Å². The maximum Gasteiger partial charge on any atom is 0.0762 e. The zero-order chi connectivity index (χ0) is 17.3. The molecule has 3 saturated carbocycles. The molecule has 0 aliphatic heterocycles. The van der Waals surface area contributed by atoms with Crippen molar-refractivity contribution in [3.8, 4) is 0 Å². The Kier molecular flexibility index (Phi) is 3.77. The highest BCUT2D eigenvalue weighted by Crippen LogP contribution is 2.68. The number of fused-ring (bicyclic) bond motifs is 5. The Hall–Kier alpha value is -0.380. The highest BCUT2D eigenvalue weighted by atomic mass is 16.3. The first-order chi connectivity index (χ1) is 11.3. The Morgan fingerprint density at radius 3 is 2.58 bits per heavy atom. The maximum atomic E-state index is 11.9. The molecule has 4 aliphatic carbocycles. The lowest BCUT2D eigenvalue weighted by Crippen LogP contribution is -2.65. The number of hydrogen-bond acceptors (Lipinski definition) is 3. The van der Waals surface area contributed by atoms with Crippen LogP contribution in [0.2, 0.25) is 0 Å². The molecule has 4 rings (SSSR count). The molecule has 0 aromatic rings. The van der Waals surface area contributed by atoms with Crippen LogP contribution in [0, 0.1) is 28.6 Å². The minimum Gasteiger partial charge on any atom is -0.393 e. The fourth-order valence-electron chi connectivity index (χ4n) is 7.36. The van der Waals surface area contributed by atoms with Gasteiger partial charge in [-0.3, -0.25) is 0 Å². The van der Waals surface area contributed by atoms with Gasteiger partial charge in [0.1, 0.15) is 0 Å². The van der Waals surface area contributed by atoms with Crippen molar-refractivity contribution in [3.63, 3.8) is 0 Å². The van der Waals surface area contributed by atoms with Crippen LogP contribution in [0.4, 0.5) is 0 Å². The van der Waals surface area contributed by atoms with Gasteiger partial charge in [0.15, 0.2) is 0 Å². The molecule has 3 N–H and O–H groups in total. The number of aliphatic hydroxyl groups excluding tert-OH is 2. The van der Waals surface area contributed by atoms with Crippen molar-refractivity contribution in [2.75, 3.05) is 0 Å². The van der Waals surface area contributed by atoms with Crippen LogP contribution < -0.4 is 0 Å². The monoisotopic (exact) mass is 334 g/mol. The molecule has 0 spiro atoms. The van der Waals surface area contributed by atoms with E-state index in [0.29, 0.717) is 11.8 Å². The quantitative estimate of drug-likeness (QED) is 0.644. The Morgan fingerprint density at radius 1 is 1.12 bits per heavy atom. The van der Waals surface area contributed by atoms with Crippen molar-refractivity contribution < 1.29 is 15.3 Å². The summed E-state index contributed by atoms with van der Waals surface area (Å²) in [5.74, 6) is 1.02. The van der Waals surface area contributed by atoms with E-state index in [9.17, 15) is 15.3 Å². The normalized spacial score (nSPS) is 56.9. The lowest BCUT2D eigenvalue weighted by Gasteiger charge is -2.62. The minimum atomic E-state index is -0.739. The van der Waals surface area contributed by atoms with Gasteiger partial charge in [-0.15, -0.1) is 0 Å². The largest absolute Gasteiger partial charge is 0.393 e. The molecule has 136 valence electrons. The average molecular weight is 335 g/mol. The predicted molar refractivity (Wildman–Crippen MR) is 94.3 cm³/mol. The summed E-state index contributed by atoms with van der Waals surface area (Å²) in [4.78, 5) is 0. The van der Waals surface area contributed by atoms with Crippen molar-refractivity contribution in [3.05, 3.63) is 11.6 Å². The number of hydrogen-bond donors (Lipinski definition) is 3. The van der Waals surface area contributed by atoms with Gasteiger partial charge in [0, 0.05) is 5.41 Å². The lowest BCUT2D eigenvalue weighted by atomic mass is 9.45. The van der Waals surface area contributed by atoms with Gasteiger partial charge in [0.2, 0.25) is 0 Å². The van der Waals surface area contributed by atoms with E-state index < -0.39 is 11.7 Å². The molecular weight excluding hydrogens is 300 g/mol. The Balaban J connectivity index is 1.76. The molecule has 3 nitrogen and oxygen atoms in total. The van der Waals surface area contributed by atoms with Crippen LogP contribution in [-0.2, 0) is 0 Å². The summed E-state index contributed by atoms with van der Waals surface area (Å²) in [5.41, 5.74) is 0.326. The maximum absolute atomic E-state index is 11.9. The van der Waals surface area contributed by atoms with Crippen molar-refractivity contribution in [2.45, 2.75) is 89.9 Å². The summed E-state index contributed by atoms with van der Waals surface area (Å²) in [6, 6.07) is 0. The second-order valence-electron chi connectivity index (χ2n) is 9.59. The summed E-state index contributed by atoms with van der Waals surface area (Å²) < 4.78 is 0. The van der Waals surface area contributed by atoms with E-state index in [-0.39, 0.29) is 22.9 Å². The van der Waals surface area contributed by atoms with Crippen molar-refractivity contribution in [2.24, 2.45) is 28.6 Å². The predicted octanol–water partition coefficient (Wildman–Crippen LogP) is 3.42. The third-order valence-corrected chi connectivity index (χ3v) is 9.04. The molecule has 0 saturated heterocycles. The molecular formula is C21H34O3. The van der Waals surface area contributed by atoms with E-state index in [1.165, 1.54) is 5.57 Å². The molecule has 0 amide bonds. The third kappa shape index (κ3) is 1.90. The number of rotatable bonds is 1. The van der Waals surface area contributed by atoms with Crippen LogP contribution >= 0.6 is 0 Å². The molecule has 8 atom stereocenters. The van der Waals surface area contributed by atoms with Crippen molar-refractivity contribution in [1.82, 2.24) is 0 Å². The summed E-state index contributed by atoms with van der Waals surface area (Å²) in [5, 5.41) is 33.1. The topological polar surface area (TPSA) is 60.7 Å². The zero-order valence-electron chi connectivity index (χ0n) is 15.5. The molecule has 3 fully saturated rings. The van der Waals surface area contributed by atoms with E-state index in [2.05, 4.69) is 26.8 Å². The first kappa shape index (κ1) is 17.1. The molecule has 0 radical (unpaired) electrons. The van der Waals surface area contributed by atoms with Gasteiger partial charge in [0.05, 0.1) is 17.8 Å². The molecule has 0 aromatic carbocycles. The number of allylic oxidation sites excluding steroid dienone is 1. The zero-order valence-corrected chi connectivity index (χ0v) is 15.5. The molecule has 0 bridgehead atoms. The first-order valence-corrected chi connectivity index (χ1v) is 10.1. The van der Waals surface area contributed by atoms with Crippen LogP contribution in [0.15, 0.2) is 11.6 Å². The van der Waals surface area contributed by atoms with E-state index in [4.69, 9.17) is 0 Å². The number of aliphatic hydroxyl groups is 3. The summed E-state index contributed by atoms with van der Waals surface area (Å²) in [6.45, 7) is 6.68. The highest BCUT2D eigenvalue weighted by molar-refractivity contribution is 5.28. The van der Waals surface area contributed by atoms with Gasteiger partial charge in [-0.2, -0.15) is 0 Å². The summed E-state index contributed by atoms with van der Waals surface area (Å²) >= 11 is 0. The second-order valence-corrected chi connectivity index (χ2v) is 9.59. The molecule has 0 unspecified atom stereocenters. The third-order valence-electron chi connectivity index (χ3n) is 9.04. The fraction of sp³-hybridized carbons (Fsp3) is 0.905. The van der Waals surface area contributed by atoms with Crippen molar-refractivity contribution in [1.29, 1.82) is 0 Å². The SMILES string of the molecule is CC[C@H]1CC[C@]2(O)[C@@H]3CC=C4C[C@@H](O)CC[C@]4(C)[C@H]3C[C@@H](O)[C@]12C. The van der Waals surface area contributed by atoms with E-state index >= 15 is 0 Å². The summed E-state index contributed by atoms with van der Waals surface area (Å²) in [6.07, 6.45) is 8.95.